The first-order valence-corrected chi connectivity index (χ1v) is 13.7. The number of nitrogens with zero attached hydrogens (tertiary/aromatic N) is 5. The summed E-state index contributed by atoms with van der Waals surface area (Å²) in [5.41, 5.74) is 5.02. The predicted molar refractivity (Wildman–Crippen MR) is 167 cm³/mol. The first-order chi connectivity index (χ1) is 19.2. The van der Waals surface area contributed by atoms with Crippen LogP contribution in [0.4, 0.5) is 23.0 Å². The number of carbonyl (C=O) groups excluding carboxylic acids is 1. The van der Waals surface area contributed by atoms with E-state index in [1.807, 2.05) is 58.5 Å². The van der Waals surface area contributed by atoms with Crippen LogP contribution in [-0.4, -0.2) is 77.5 Å². The van der Waals surface area contributed by atoms with Crippen molar-refractivity contribution in [2.24, 2.45) is 7.05 Å². The molecular weight excluding hydrogens is 526 g/mol. The van der Waals surface area contributed by atoms with Gasteiger partial charge < -0.3 is 34.3 Å². The zero-order chi connectivity index (χ0) is 29.2. The van der Waals surface area contributed by atoms with Crippen molar-refractivity contribution in [2.75, 3.05) is 63.1 Å². The molecule has 2 aromatic heterocycles. The SMILES string of the molecule is C=CC(=O)Nc1cc(Nc2nccc(-c3cn(C)c4ccccc34)n2)c(OC)cc1N(C)CCN(C)C.CSO. The van der Waals surface area contributed by atoms with Crippen LogP contribution in [0, 0.1) is 0 Å². The number of hydrogen-bond acceptors (Lipinski definition) is 9. The summed E-state index contributed by atoms with van der Waals surface area (Å²) in [6.45, 7) is 5.19. The minimum absolute atomic E-state index is 0.299. The highest BCUT2D eigenvalue weighted by atomic mass is 32.2. The Balaban J connectivity index is 0.00000141. The molecule has 3 N–H and O–H groups in total. The molecule has 40 heavy (non-hydrogen) atoms. The summed E-state index contributed by atoms with van der Waals surface area (Å²) >= 11 is 0.750. The molecule has 0 atom stereocenters. The van der Waals surface area contributed by atoms with Gasteiger partial charge in [-0.2, -0.15) is 0 Å². The Labute approximate surface area is 239 Å². The summed E-state index contributed by atoms with van der Waals surface area (Å²) < 4.78 is 15.3. The molecule has 0 spiro atoms. The number of rotatable bonds is 10. The zero-order valence-corrected chi connectivity index (χ0v) is 24.6. The lowest BCUT2D eigenvalue weighted by atomic mass is 10.1. The number of hydrogen-bond donors (Lipinski definition) is 3. The summed E-state index contributed by atoms with van der Waals surface area (Å²) in [6.07, 6.45) is 6.64. The van der Waals surface area contributed by atoms with Crippen molar-refractivity contribution in [1.29, 1.82) is 0 Å². The van der Waals surface area contributed by atoms with Crippen molar-refractivity contribution < 1.29 is 14.1 Å². The van der Waals surface area contributed by atoms with Gasteiger partial charge in [0.15, 0.2) is 0 Å². The van der Waals surface area contributed by atoms with Crippen LogP contribution in [-0.2, 0) is 11.8 Å². The third-order valence-corrected chi connectivity index (χ3v) is 6.13. The molecule has 2 aromatic carbocycles. The summed E-state index contributed by atoms with van der Waals surface area (Å²) in [4.78, 5) is 25.6. The Morgan fingerprint density at radius 1 is 1.18 bits per heavy atom. The number of benzene rings is 2. The molecule has 1 amide bonds. The van der Waals surface area contributed by atoms with Crippen LogP contribution >= 0.6 is 12.0 Å². The van der Waals surface area contributed by atoms with E-state index in [1.54, 1.807) is 19.6 Å². The molecule has 0 saturated heterocycles. The van der Waals surface area contributed by atoms with Crippen molar-refractivity contribution in [3.63, 3.8) is 0 Å². The molecule has 0 aliphatic rings. The number of carbonyl (C=O) groups is 1. The van der Waals surface area contributed by atoms with E-state index in [0.29, 0.717) is 23.1 Å². The third-order valence-electron chi connectivity index (χ3n) is 6.13. The largest absolute Gasteiger partial charge is 0.494 e. The first kappa shape index (κ1) is 30.5. The molecule has 2 heterocycles. The average Bonchev–Trinajstić information content (AvgIpc) is 3.29. The molecule has 11 heteroatoms. The van der Waals surface area contributed by atoms with Crippen molar-refractivity contribution in [3.8, 4) is 17.0 Å². The highest BCUT2D eigenvalue weighted by molar-refractivity contribution is 7.93. The van der Waals surface area contributed by atoms with Crippen molar-refractivity contribution in [3.05, 3.63) is 67.5 Å². The summed E-state index contributed by atoms with van der Waals surface area (Å²) in [5, 5.41) is 7.31. The van der Waals surface area contributed by atoms with E-state index in [2.05, 4.69) is 54.9 Å². The van der Waals surface area contributed by atoms with E-state index in [1.165, 1.54) is 6.08 Å². The van der Waals surface area contributed by atoms with Crippen molar-refractivity contribution in [1.82, 2.24) is 19.4 Å². The fraction of sp³-hybridized carbons (Fsp3) is 0.276. The molecular formula is C29H37N7O3S. The normalized spacial score (nSPS) is 10.6. The van der Waals surface area contributed by atoms with Gasteiger partial charge in [0.05, 0.1) is 29.9 Å². The molecule has 0 saturated carbocycles. The van der Waals surface area contributed by atoms with Gasteiger partial charge in [-0.3, -0.25) is 4.79 Å². The maximum atomic E-state index is 12.2. The van der Waals surface area contributed by atoms with Crippen LogP contribution in [0.25, 0.3) is 22.2 Å². The van der Waals surface area contributed by atoms with Crippen LogP contribution in [0.2, 0.25) is 0 Å². The standard InChI is InChI=1S/C28H33N7O2.CH4OS/c1-7-27(36)30-22-16-23(26(37-6)17-25(22)34(4)15-14-33(2)3)32-28-29-13-12-21(31-28)20-18-35(5)24-11-9-8-10-19(20)24;1-3-2/h7-13,16-18H,1,14-15H2,2-6H3,(H,30,36)(H,29,31,32);2H,1H3. The number of aromatic nitrogens is 3. The second kappa shape index (κ2) is 14.4. The van der Waals surface area contributed by atoms with E-state index in [9.17, 15) is 4.79 Å². The van der Waals surface area contributed by atoms with E-state index in [4.69, 9.17) is 14.3 Å². The molecule has 0 unspecified atom stereocenters. The minimum atomic E-state index is -0.299. The monoisotopic (exact) mass is 563 g/mol. The summed E-state index contributed by atoms with van der Waals surface area (Å²) in [5.74, 6) is 0.716. The lowest BCUT2D eigenvalue weighted by Gasteiger charge is -2.26. The van der Waals surface area contributed by atoms with Gasteiger partial charge in [-0.05, 0) is 50.4 Å². The van der Waals surface area contributed by atoms with Crippen LogP contribution < -0.4 is 20.3 Å². The van der Waals surface area contributed by atoms with Crippen molar-refractivity contribution in [2.45, 2.75) is 0 Å². The maximum absolute atomic E-state index is 12.2. The maximum Gasteiger partial charge on any atom is 0.247 e. The number of fused-ring (bicyclic) bond motifs is 1. The van der Waals surface area contributed by atoms with Crippen LogP contribution in [0.5, 0.6) is 5.75 Å². The molecule has 4 aromatic rings. The van der Waals surface area contributed by atoms with E-state index in [0.717, 1.165) is 53.0 Å². The number of ether oxygens (including phenoxy) is 1. The smallest absolute Gasteiger partial charge is 0.247 e. The van der Waals surface area contributed by atoms with Gasteiger partial charge in [-0.1, -0.05) is 24.8 Å². The second-order valence-corrected chi connectivity index (χ2v) is 9.60. The molecule has 0 fully saturated rings. The Bertz CT molecular complexity index is 1460. The number of nitrogens with one attached hydrogen (secondary N) is 2. The average molecular weight is 564 g/mol. The second-order valence-electron chi connectivity index (χ2n) is 9.23. The molecule has 4 rings (SSSR count). The van der Waals surface area contributed by atoms with E-state index >= 15 is 0 Å². The number of para-hydroxylation sites is 1. The van der Waals surface area contributed by atoms with Crippen LogP contribution in [0.15, 0.2) is 67.5 Å². The Kier molecular flexibility index (Phi) is 10.9. The quantitative estimate of drug-likeness (QED) is 0.174. The van der Waals surface area contributed by atoms with Gasteiger partial charge in [0.2, 0.25) is 11.9 Å². The first-order valence-electron chi connectivity index (χ1n) is 12.6. The minimum Gasteiger partial charge on any atom is -0.494 e. The molecule has 212 valence electrons. The van der Waals surface area contributed by atoms with Gasteiger partial charge >= 0.3 is 0 Å². The number of methoxy groups -OCH3 is 1. The van der Waals surface area contributed by atoms with Gasteiger partial charge in [-0.25, -0.2) is 9.97 Å². The van der Waals surface area contributed by atoms with Crippen LogP contribution in [0.3, 0.4) is 0 Å². The molecule has 0 aliphatic heterocycles. The zero-order valence-electron chi connectivity index (χ0n) is 23.8. The Morgan fingerprint density at radius 2 is 1.90 bits per heavy atom. The fourth-order valence-corrected chi connectivity index (χ4v) is 4.14. The highest BCUT2D eigenvalue weighted by Crippen LogP contribution is 2.38. The number of aryl methyl sites for hydroxylation is 1. The molecule has 10 nitrogen and oxygen atoms in total. The third kappa shape index (κ3) is 7.53. The Morgan fingerprint density at radius 3 is 2.58 bits per heavy atom. The number of anilines is 4. The van der Waals surface area contributed by atoms with Crippen LogP contribution in [0.1, 0.15) is 0 Å². The van der Waals surface area contributed by atoms with Crippen molar-refractivity contribution >= 4 is 51.9 Å². The summed E-state index contributed by atoms with van der Waals surface area (Å²) in [6, 6.07) is 13.8. The molecule has 0 radical (unpaired) electrons. The molecule has 0 aliphatic carbocycles. The summed E-state index contributed by atoms with van der Waals surface area (Å²) in [7, 11) is 9.65. The number of amides is 1. The lowest BCUT2D eigenvalue weighted by Crippen LogP contribution is -2.29. The van der Waals surface area contributed by atoms with Gasteiger partial charge in [-0.15, -0.1) is 0 Å². The lowest BCUT2D eigenvalue weighted by molar-refractivity contribution is -0.111. The topological polar surface area (TPSA) is 108 Å². The fourth-order valence-electron chi connectivity index (χ4n) is 4.14. The van der Waals surface area contributed by atoms with Gasteiger partial charge in [0, 0.05) is 68.4 Å². The predicted octanol–water partition coefficient (Wildman–Crippen LogP) is 5.33. The Hall–Kier alpha value is -4.06. The van der Waals surface area contributed by atoms with Gasteiger partial charge in [0.25, 0.3) is 0 Å². The number of likely N-dealkylation sites (N-methyl/N-ethyl adjacent to an activating group) is 2. The van der Waals surface area contributed by atoms with E-state index in [-0.39, 0.29) is 5.91 Å². The van der Waals surface area contributed by atoms with Gasteiger partial charge in [0.1, 0.15) is 5.75 Å². The molecule has 0 bridgehead atoms. The van der Waals surface area contributed by atoms with E-state index < -0.39 is 0 Å². The highest BCUT2D eigenvalue weighted by Gasteiger charge is 2.17.